The van der Waals surface area contributed by atoms with Crippen molar-refractivity contribution < 1.29 is 4.79 Å². The van der Waals surface area contributed by atoms with E-state index in [-0.39, 0.29) is 23.3 Å². The molecule has 112 valence electrons. The molecule has 2 aromatic rings. The van der Waals surface area contributed by atoms with Gasteiger partial charge in [0.15, 0.2) is 5.82 Å². The number of anilines is 1. The Morgan fingerprint density at radius 1 is 1.43 bits per heavy atom. The van der Waals surface area contributed by atoms with Crippen molar-refractivity contribution in [3.8, 4) is 0 Å². The van der Waals surface area contributed by atoms with Gasteiger partial charge >= 0.3 is 0 Å². The van der Waals surface area contributed by atoms with Gasteiger partial charge in [0, 0.05) is 12.4 Å². The maximum Gasteiger partial charge on any atom is 0.247 e. The summed E-state index contributed by atoms with van der Waals surface area (Å²) in [5, 5.41) is 11.1. The lowest BCUT2D eigenvalue weighted by molar-refractivity contribution is -0.116. The highest BCUT2D eigenvalue weighted by Gasteiger charge is 2.10. The molecule has 0 radical (unpaired) electrons. The molecular weight excluding hydrogens is 315 g/mol. The Morgan fingerprint density at radius 2 is 2.24 bits per heavy atom. The number of aryl methyl sites for hydroxylation is 1. The van der Waals surface area contributed by atoms with Gasteiger partial charge in [-0.1, -0.05) is 28.4 Å². The van der Waals surface area contributed by atoms with Crippen LogP contribution in [0.3, 0.4) is 0 Å². The van der Waals surface area contributed by atoms with E-state index in [1.54, 1.807) is 6.20 Å². The summed E-state index contributed by atoms with van der Waals surface area (Å²) in [7, 11) is 0. The van der Waals surface area contributed by atoms with Crippen LogP contribution in [0.4, 0.5) is 5.82 Å². The third-order valence-corrected chi connectivity index (χ3v) is 3.09. The fourth-order valence-electron chi connectivity index (χ4n) is 1.64. The predicted molar refractivity (Wildman–Crippen MR) is 80.3 cm³/mol. The van der Waals surface area contributed by atoms with Crippen LogP contribution in [0.15, 0.2) is 18.5 Å². The van der Waals surface area contributed by atoms with Crippen molar-refractivity contribution in [2.24, 2.45) is 5.73 Å². The molecule has 2 rings (SSSR count). The average Bonchev–Trinajstić information content (AvgIpc) is 2.87. The smallest absolute Gasteiger partial charge is 0.247 e. The van der Waals surface area contributed by atoms with Crippen LogP contribution in [-0.4, -0.2) is 32.4 Å². The third-order valence-electron chi connectivity index (χ3n) is 2.59. The first-order valence-electron chi connectivity index (χ1n) is 6.28. The van der Waals surface area contributed by atoms with Gasteiger partial charge in [-0.3, -0.25) is 4.79 Å². The van der Waals surface area contributed by atoms with Crippen molar-refractivity contribution in [3.63, 3.8) is 0 Å². The van der Waals surface area contributed by atoms with E-state index in [0.717, 1.165) is 18.5 Å². The second-order valence-electron chi connectivity index (χ2n) is 4.33. The number of nitrogens with zero attached hydrogens (tertiary/aromatic N) is 4. The Bertz CT molecular complexity index is 630. The summed E-state index contributed by atoms with van der Waals surface area (Å²) in [5.74, 6) is -0.0449. The topological polar surface area (TPSA) is 98.7 Å². The molecule has 7 nitrogen and oxygen atoms in total. The van der Waals surface area contributed by atoms with Gasteiger partial charge in [-0.25, -0.2) is 9.67 Å². The summed E-state index contributed by atoms with van der Waals surface area (Å²) in [6, 6.07) is 1.51. The molecule has 2 aromatic heterocycles. The SMILES string of the molecule is NCCCc1cn(CC(=O)Nc2ncc(Cl)cc2Cl)nn1. The van der Waals surface area contributed by atoms with Crippen molar-refractivity contribution in [3.05, 3.63) is 34.2 Å². The number of hydrogen-bond donors (Lipinski definition) is 2. The molecule has 0 unspecified atom stereocenters. The first kappa shape index (κ1) is 15.7. The largest absolute Gasteiger partial charge is 0.330 e. The highest BCUT2D eigenvalue weighted by atomic mass is 35.5. The minimum atomic E-state index is -0.304. The van der Waals surface area contributed by atoms with Crippen molar-refractivity contribution in [2.75, 3.05) is 11.9 Å². The van der Waals surface area contributed by atoms with Gasteiger partial charge in [-0.05, 0) is 25.5 Å². The summed E-state index contributed by atoms with van der Waals surface area (Å²) in [6.45, 7) is 0.615. The van der Waals surface area contributed by atoms with Crippen LogP contribution < -0.4 is 11.1 Å². The third kappa shape index (κ3) is 4.66. The maximum atomic E-state index is 11.9. The highest BCUT2D eigenvalue weighted by Crippen LogP contribution is 2.22. The number of hydrogen-bond acceptors (Lipinski definition) is 5. The summed E-state index contributed by atoms with van der Waals surface area (Å²) in [5.41, 5.74) is 6.23. The van der Waals surface area contributed by atoms with E-state index in [1.807, 2.05) is 0 Å². The minimum Gasteiger partial charge on any atom is -0.330 e. The molecule has 0 aliphatic heterocycles. The lowest BCUT2D eigenvalue weighted by Crippen LogP contribution is -2.20. The summed E-state index contributed by atoms with van der Waals surface area (Å²) < 4.78 is 1.45. The molecule has 0 aromatic carbocycles. The molecule has 0 aliphatic rings. The Morgan fingerprint density at radius 3 is 2.95 bits per heavy atom. The van der Waals surface area contributed by atoms with Crippen LogP contribution in [0.25, 0.3) is 0 Å². The summed E-state index contributed by atoms with van der Waals surface area (Å²) in [6.07, 6.45) is 4.69. The number of amides is 1. The molecule has 0 spiro atoms. The lowest BCUT2D eigenvalue weighted by atomic mass is 10.2. The zero-order valence-electron chi connectivity index (χ0n) is 11.1. The van der Waals surface area contributed by atoms with Crippen LogP contribution in [-0.2, 0) is 17.8 Å². The summed E-state index contributed by atoms with van der Waals surface area (Å²) >= 11 is 11.7. The first-order chi connectivity index (χ1) is 10.1. The fourth-order valence-corrected chi connectivity index (χ4v) is 2.07. The Balaban J connectivity index is 1.93. The van der Waals surface area contributed by atoms with E-state index in [9.17, 15) is 4.79 Å². The molecule has 0 bridgehead atoms. The van der Waals surface area contributed by atoms with Crippen LogP contribution in [0, 0.1) is 0 Å². The van der Waals surface area contributed by atoms with Gasteiger partial charge in [0.05, 0.1) is 15.7 Å². The van der Waals surface area contributed by atoms with Gasteiger partial charge < -0.3 is 11.1 Å². The van der Waals surface area contributed by atoms with Gasteiger partial charge in [-0.2, -0.15) is 0 Å². The van der Waals surface area contributed by atoms with Crippen LogP contribution in [0.2, 0.25) is 10.0 Å². The second kappa shape index (κ2) is 7.35. The van der Waals surface area contributed by atoms with Gasteiger partial charge in [-0.15, -0.1) is 5.10 Å². The van der Waals surface area contributed by atoms with Gasteiger partial charge in [0.2, 0.25) is 5.91 Å². The zero-order chi connectivity index (χ0) is 15.2. The molecule has 2 heterocycles. The maximum absolute atomic E-state index is 11.9. The van der Waals surface area contributed by atoms with E-state index >= 15 is 0 Å². The number of nitrogens with two attached hydrogens (primary N) is 1. The Kier molecular flexibility index (Phi) is 5.49. The number of nitrogens with one attached hydrogen (secondary N) is 1. The lowest BCUT2D eigenvalue weighted by Gasteiger charge is -2.06. The monoisotopic (exact) mass is 328 g/mol. The average molecular weight is 329 g/mol. The number of rotatable bonds is 6. The molecule has 0 aliphatic carbocycles. The number of pyridine rings is 1. The fraction of sp³-hybridized carbons (Fsp3) is 0.333. The Labute approximate surface area is 131 Å². The van der Waals surface area contributed by atoms with Crippen molar-refractivity contribution in [1.82, 2.24) is 20.0 Å². The molecule has 0 saturated carbocycles. The second-order valence-corrected chi connectivity index (χ2v) is 5.18. The number of aromatic nitrogens is 4. The molecule has 0 atom stereocenters. The molecule has 9 heteroatoms. The molecule has 3 N–H and O–H groups in total. The molecular formula is C12H14Cl2N6O. The van der Waals surface area contributed by atoms with Crippen molar-refractivity contribution >= 4 is 34.9 Å². The highest BCUT2D eigenvalue weighted by molar-refractivity contribution is 6.36. The van der Waals surface area contributed by atoms with E-state index in [4.69, 9.17) is 28.9 Å². The quantitative estimate of drug-likeness (QED) is 0.837. The summed E-state index contributed by atoms with van der Waals surface area (Å²) in [4.78, 5) is 15.8. The Hall–Kier alpha value is -1.70. The first-order valence-corrected chi connectivity index (χ1v) is 7.04. The minimum absolute atomic E-state index is 0.0241. The van der Waals surface area contributed by atoms with E-state index < -0.39 is 0 Å². The van der Waals surface area contributed by atoms with Crippen LogP contribution >= 0.6 is 23.2 Å². The van der Waals surface area contributed by atoms with Crippen molar-refractivity contribution in [1.29, 1.82) is 0 Å². The van der Waals surface area contributed by atoms with E-state index in [2.05, 4.69) is 20.6 Å². The molecule has 21 heavy (non-hydrogen) atoms. The van der Waals surface area contributed by atoms with E-state index in [0.29, 0.717) is 11.6 Å². The number of halogens is 2. The molecule has 0 fully saturated rings. The van der Waals surface area contributed by atoms with E-state index in [1.165, 1.54) is 16.9 Å². The van der Waals surface area contributed by atoms with Gasteiger partial charge in [0.1, 0.15) is 6.54 Å². The standard InChI is InChI=1S/C12H14Cl2N6O/c13-8-4-10(14)12(16-5-8)17-11(21)7-20-6-9(18-19-20)2-1-3-15/h4-6H,1-3,7,15H2,(H,16,17,21). The van der Waals surface area contributed by atoms with Crippen molar-refractivity contribution in [2.45, 2.75) is 19.4 Å². The number of carbonyl (C=O) groups is 1. The zero-order valence-corrected chi connectivity index (χ0v) is 12.6. The van der Waals surface area contributed by atoms with Gasteiger partial charge in [0.25, 0.3) is 0 Å². The van der Waals surface area contributed by atoms with Crippen LogP contribution in [0.5, 0.6) is 0 Å². The molecule has 1 amide bonds. The predicted octanol–water partition coefficient (Wildman–Crippen LogP) is 1.51. The van der Waals surface area contributed by atoms with Crippen LogP contribution in [0.1, 0.15) is 12.1 Å². The number of carbonyl (C=O) groups excluding carboxylic acids is 1. The normalized spacial score (nSPS) is 10.6. The molecule has 0 saturated heterocycles.